The summed E-state index contributed by atoms with van der Waals surface area (Å²) in [6.45, 7) is 7.08. The summed E-state index contributed by atoms with van der Waals surface area (Å²) in [7, 11) is 0. The molecule has 1 aliphatic carbocycles. The summed E-state index contributed by atoms with van der Waals surface area (Å²) in [4.78, 5) is 2.71. The largest absolute Gasteiger partial charge is 0.381 e. The highest BCUT2D eigenvalue weighted by atomic mass is 16.5. The van der Waals surface area contributed by atoms with Crippen LogP contribution in [0.1, 0.15) is 32.6 Å². The second-order valence-electron chi connectivity index (χ2n) is 5.47. The maximum Gasteiger partial charge on any atom is 0.0536 e. The van der Waals surface area contributed by atoms with Crippen LogP contribution < -0.4 is 0 Å². The minimum Gasteiger partial charge on any atom is -0.381 e. The fourth-order valence-electron chi connectivity index (χ4n) is 2.86. The molecule has 0 aromatic heterocycles. The van der Waals surface area contributed by atoms with E-state index in [0.717, 1.165) is 13.2 Å². The van der Waals surface area contributed by atoms with E-state index in [1.165, 1.54) is 38.8 Å². The monoisotopic (exact) mass is 181 g/mol. The summed E-state index contributed by atoms with van der Waals surface area (Å²) in [5.41, 5.74) is 1.15. The average molecular weight is 181 g/mol. The Morgan fingerprint density at radius 1 is 1.15 bits per heavy atom. The summed E-state index contributed by atoms with van der Waals surface area (Å²) in [5, 5.41) is 0. The van der Waals surface area contributed by atoms with Crippen LogP contribution in [0.2, 0.25) is 0 Å². The topological polar surface area (TPSA) is 12.5 Å². The molecule has 1 atom stereocenters. The van der Waals surface area contributed by atoms with Crippen LogP contribution in [0, 0.1) is 5.41 Å². The summed E-state index contributed by atoms with van der Waals surface area (Å²) in [5.74, 6) is 0. The van der Waals surface area contributed by atoms with Crippen LogP contribution in [0.25, 0.3) is 0 Å². The third-order valence-corrected chi connectivity index (χ3v) is 4.36. The van der Waals surface area contributed by atoms with Gasteiger partial charge in [-0.2, -0.15) is 0 Å². The second-order valence-corrected chi connectivity index (χ2v) is 5.47. The van der Waals surface area contributed by atoms with Crippen LogP contribution in [0.4, 0.5) is 0 Å². The van der Waals surface area contributed by atoms with Crippen molar-refractivity contribution in [1.29, 1.82) is 0 Å². The molecule has 0 amide bonds. The van der Waals surface area contributed by atoms with E-state index in [1.807, 2.05) is 0 Å². The van der Waals surface area contributed by atoms with Crippen molar-refractivity contribution in [2.24, 2.45) is 5.41 Å². The van der Waals surface area contributed by atoms with Crippen molar-refractivity contribution in [2.75, 3.05) is 26.3 Å². The fraction of sp³-hybridized carbons (Fsp3) is 1.00. The number of rotatable bonds is 1. The number of hydrogen-bond donors (Lipinski definition) is 0. The number of nitrogens with zero attached hydrogens (tertiary/aromatic N) is 1. The molecule has 0 aromatic rings. The zero-order chi connectivity index (χ0) is 8.94. The Balaban J connectivity index is 1.71. The predicted octanol–water partition coefficient (Wildman–Crippen LogP) is 1.65. The predicted molar refractivity (Wildman–Crippen MR) is 51.7 cm³/mol. The van der Waals surface area contributed by atoms with Gasteiger partial charge in [-0.25, -0.2) is 0 Å². The third-order valence-electron chi connectivity index (χ3n) is 4.36. The van der Waals surface area contributed by atoms with Crippen LogP contribution in [-0.2, 0) is 4.74 Å². The number of hydrogen-bond acceptors (Lipinski definition) is 2. The molecule has 1 saturated carbocycles. The molecule has 1 unspecified atom stereocenters. The molecule has 0 bridgehead atoms. The summed E-state index contributed by atoms with van der Waals surface area (Å²) >= 11 is 0. The Kier molecular flexibility index (Phi) is 1.58. The first-order chi connectivity index (χ1) is 6.23. The highest BCUT2D eigenvalue weighted by Crippen LogP contribution is 2.48. The smallest absolute Gasteiger partial charge is 0.0536 e. The molecular formula is C11H19NO. The van der Waals surface area contributed by atoms with Gasteiger partial charge in [-0.1, -0.05) is 0 Å². The second kappa shape index (κ2) is 2.48. The normalized spacial score (nSPS) is 43.2. The van der Waals surface area contributed by atoms with Crippen molar-refractivity contribution < 1.29 is 4.74 Å². The molecule has 2 saturated heterocycles. The van der Waals surface area contributed by atoms with Crippen LogP contribution in [0.5, 0.6) is 0 Å². The van der Waals surface area contributed by atoms with Crippen LogP contribution in [-0.4, -0.2) is 36.7 Å². The Bertz CT molecular complexity index is 216. The minimum atomic E-state index is 0.561. The Morgan fingerprint density at radius 3 is 2.62 bits per heavy atom. The molecule has 1 spiro atoms. The van der Waals surface area contributed by atoms with Crippen molar-refractivity contribution in [3.8, 4) is 0 Å². The van der Waals surface area contributed by atoms with Gasteiger partial charge in [-0.15, -0.1) is 0 Å². The van der Waals surface area contributed by atoms with Crippen LogP contribution in [0.3, 0.4) is 0 Å². The van der Waals surface area contributed by atoms with Gasteiger partial charge in [-0.3, -0.25) is 4.90 Å². The molecule has 2 heteroatoms. The Morgan fingerprint density at radius 2 is 2.00 bits per heavy atom. The van der Waals surface area contributed by atoms with Crippen molar-refractivity contribution >= 4 is 0 Å². The van der Waals surface area contributed by atoms with E-state index >= 15 is 0 Å². The summed E-state index contributed by atoms with van der Waals surface area (Å²) < 4.78 is 5.54. The van der Waals surface area contributed by atoms with E-state index in [2.05, 4.69) is 11.8 Å². The van der Waals surface area contributed by atoms with Crippen molar-refractivity contribution in [3.63, 3.8) is 0 Å². The molecule has 0 aromatic carbocycles. The van der Waals surface area contributed by atoms with Gasteiger partial charge >= 0.3 is 0 Å². The van der Waals surface area contributed by atoms with Gasteiger partial charge in [0, 0.05) is 24.1 Å². The van der Waals surface area contributed by atoms with Gasteiger partial charge in [0.1, 0.15) is 0 Å². The zero-order valence-electron chi connectivity index (χ0n) is 8.51. The van der Waals surface area contributed by atoms with E-state index in [9.17, 15) is 0 Å². The molecule has 74 valence electrons. The standard InChI is InChI=1S/C11H19NO/c1-10(2-3-10)12-6-4-11(8-12)5-7-13-9-11/h2-9H2,1H3. The minimum absolute atomic E-state index is 0.561. The number of likely N-dealkylation sites (tertiary alicyclic amines) is 1. The van der Waals surface area contributed by atoms with Gasteiger partial charge in [0.15, 0.2) is 0 Å². The van der Waals surface area contributed by atoms with E-state index in [1.54, 1.807) is 0 Å². The van der Waals surface area contributed by atoms with E-state index < -0.39 is 0 Å². The van der Waals surface area contributed by atoms with Crippen molar-refractivity contribution in [1.82, 2.24) is 4.90 Å². The van der Waals surface area contributed by atoms with Crippen molar-refractivity contribution in [3.05, 3.63) is 0 Å². The first-order valence-corrected chi connectivity index (χ1v) is 5.55. The molecule has 3 rings (SSSR count). The van der Waals surface area contributed by atoms with Crippen LogP contribution in [0.15, 0.2) is 0 Å². The van der Waals surface area contributed by atoms with Gasteiger partial charge in [0.05, 0.1) is 6.61 Å². The molecule has 2 nitrogen and oxygen atoms in total. The lowest BCUT2D eigenvalue weighted by Crippen LogP contribution is -2.35. The van der Waals surface area contributed by atoms with E-state index in [-0.39, 0.29) is 0 Å². The van der Waals surface area contributed by atoms with Crippen molar-refractivity contribution in [2.45, 2.75) is 38.1 Å². The lowest BCUT2D eigenvalue weighted by molar-refractivity contribution is 0.143. The SMILES string of the molecule is CC1(N2CCC3(CCOC3)C2)CC1. The molecule has 0 radical (unpaired) electrons. The Labute approximate surface area is 80.2 Å². The number of ether oxygens (including phenoxy) is 1. The highest BCUT2D eigenvalue weighted by Gasteiger charge is 2.51. The molecule has 2 heterocycles. The zero-order valence-corrected chi connectivity index (χ0v) is 8.51. The summed E-state index contributed by atoms with van der Waals surface area (Å²) in [6, 6.07) is 0. The van der Waals surface area contributed by atoms with E-state index in [0.29, 0.717) is 11.0 Å². The molecular weight excluding hydrogens is 162 g/mol. The third kappa shape index (κ3) is 1.23. The first-order valence-electron chi connectivity index (χ1n) is 5.55. The van der Waals surface area contributed by atoms with Gasteiger partial charge < -0.3 is 4.74 Å². The highest BCUT2D eigenvalue weighted by molar-refractivity contribution is 5.05. The molecule has 13 heavy (non-hydrogen) atoms. The molecule has 2 aliphatic heterocycles. The molecule has 3 aliphatic rings. The van der Waals surface area contributed by atoms with Gasteiger partial charge in [-0.05, 0) is 39.2 Å². The maximum atomic E-state index is 5.54. The van der Waals surface area contributed by atoms with E-state index in [4.69, 9.17) is 4.74 Å². The maximum absolute atomic E-state index is 5.54. The van der Waals surface area contributed by atoms with Gasteiger partial charge in [0.2, 0.25) is 0 Å². The molecule has 3 fully saturated rings. The van der Waals surface area contributed by atoms with Gasteiger partial charge in [0.25, 0.3) is 0 Å². The Hall–Kier alpha value is -0.0800. The average Bonchev–Trinajstić information content (AvgIpc) is 2.65. The molecule has 0 N–H and O–H groups in total. The lowest BCUT2D eigenvalue weighted by atomic mass is 9.87. The van der Waals surface area contributed by atoms with Crippen LogP contribution >= 0.6 is 0 Å². The fourth-order valence-corrected chi connectivity index (χ4v) is 2.86. The first kappa shape index (κ1) is 8.25. The lowest BCUT2D eigenvalue weighted by Gasteiger charge is -2.26. The summed E-state index contributed by atoms with van der Waals surface area (Å²) in [6.07, 6.45) is 5.52. The quantitative estimate of drug-likeness (QED) is 0.610.